The van der Waals surface area contributed by atoms with Gasteiger partial charge in [-0.15, -0.1) is 0 Å². The van der Waals surface area contributed by atoms with Crippen LogP contribution in [0.15, 0.2) is 66.7 Å². The molecule has 0 amide bonds. The molecule has 2 N–H and O–H groups in total. The van der Waals surface area contributed by atoms with Crippen molar-refractivity contribution in [2.45, 2.75) is 0 Å². The fourth-order valence-corrected chi connectivity index (χ4v) is 1.81. The van der Waals surface area contributed by atoms with Gasteiger partial charge in [0, 0.05) is 22.2 Å². The summed E-state index contributed by atoms with van der Waals surface area (Å²) in [7, 11) is 0. The maximum absolute atomic E-state index is 9.37. The van der Waals surface area contributed by atoms with Crippen LogP contribution < -0.4 is 0 Å². The fourth-order valence-electron chi connectivity index (χ4n) is 1.81. The third kappa shape index (κ3) is 4.34. The van der Waals surface area contributed by atoms with Crippen molar-refractivity contribution in [2.24, 2.45) is 0 Å². The molecule has 0 aliphatic carbocycles. The van der Waals surface area contributed by atoms with Crippen LogP contribution in [0.1, 0.15) is 5.56 Å². The Morgan fingerprint density at radius 2 is 1.29 bits per heavy atom. The van der Waals surface area contributed by atoms with Gasteiger partial charge in [0.2, 0.25) is 0 Å². The molecule has 0 aromatic heterocycles. The Morgan fingerprint density at radius 1 is 0.714 bits per heavy atom. The second-order valence-electron chi connectivity index (χ2n) is 4.19. The number of nitrogens with zero attached hydrogens (tertiary/aromatic N) is 1. The number of phenols is 2. The quantitative estimate of drug-likeness (QED) is 0.667. The molecule has 3 rings (SSSR count). The van der Waals surface area contributed by atoms with E-state index in [1.807, 2.05) is 36.4 Å². The zero-order valence-electron chi connectivity index (χ0n) is 11.1. The van der Waals surface area contributed by atoms with Gasteiger partial charge in [0.25, 0.3) is 0 Å². The number of benzene rings is 3. The molecule has 21 heavy (non-hydrogen) atoms. The van der Waals surface area contributed by atoms with Crippen LogP contribution >= 0.6 is 0 Å². The van der Waals surface area contributed by atoms with Gasteiger partial charge in [-0.3, -0.25) is 0 Å². The summed E-state index contributed by atoms with van der Waals surface area (Å²) in [6.45, 7) is 0. The molecule has 0 bridgehead atoms. The van der Waals surface area contributed by atoms with Gasteiger partial charge < -0.3 is 15.6 Å². The van der Waals surface area contributed by atoms with Crippen molar-refractivity contribution in [1.29, 1.82) is 0 Å². The van der Waals surface area contributed by atoms with Crippen molar-refractivity contribution in [3.8, 4) is 11.5 Å². The predicted molar refractivity (Wildman–Crippen MR) is 82.2 cm³/mol. The average molecular weight is 323 g/mol. The van der Waals surface area contributed by atoms with E-state index in [1.165, 1.54) is 6.07 Å². The summed E-state index contributed by atoms with van der Waals surface area (Å²) in [5.74, 6) is 0.447. The predicted octanol–water partition coefficient (Wildman–Crippen LogP) is 3.92. The Kier molecular flexibility index (Phi) is 6.45. The van der Waals surface area contributed by atoms with Crippen LogP contribution in [0.25, 0.3) is 16.2 Å². The molecular formula is C17H14CoNO2-. The van der Waals surface area contributed by atoms with Gasteiger partial charge in [0.1, 0.15) is 11.5 Å². The van der Waals surface area contributed by atoms with E-state index in [-0.39, 0.29) is 22.5 Å². The number of hydrogen-bond donors (Lipinski definition) is 2. The largest absolute Gasteiger partial charge is 0.810 e. The first-order chi connectivity index (χ1) is 9.72. The molecule has 3 aromatic rings. The summed E-state index contributed by atoms with van der Waals surface area (Å²) >= 11 is 0. The first kappa shape index (κ1) is 16.7. The van der Waals surface area contributed by atoms with Crippen molar-refractivity contribution in [2.75, 3.05) is 0 Å². The molecule has 0 aliphatic rings. The molecule has 3 aromatic carbocycles. The molecule has 0 spiro atoms. The number of fused-ring (bicyclic) bond motifs is 1. The van der Waals surface area contributed by atoms with Crippen LogP contribution in [0.5, 0.6) is 11.5 Å². The fraction of sp³-hybridized carbons (Fsp3) is 0. The van der Waals surface area contributed by atoms with Crippen molar-refractivity contribution >= 4 is 17.0 Å². The molecule has 0 aliphatic heterocycles. The third-order valence-electron chi connectivity index (χ3n) is 2.84. The summed E-state index contributed by atoms with van der Waals surface area (Å²) in [4.78, 5) is 0. The van der Waals surface area contributed by atoms with E-state index in [9.17, 15) is 5.11 Å². The molecule has 3 nitrogen and oxygen atoms in total. The van der Waals surface area contributed by atoms with Crippen molar-refractivity contribution < 1.29 is 27.0 Å². The standard InChI is InChI=1S/C10H8O.C7H6NO.Co/c11-10-7-3-5-8-4-1-2-6-9(8)10;8-5-6-3-1-2-4-7(6)9;/h1-7,11H;1-5,9H;/q;-1;. The Hall–Kier alpha value is -2.30. The second kappa shape index (κ2) is 8.09. The molecule has 0 saturated carbocycles. The van der Waals surface area contributed by atoms with E-state index in [4.69, 9.17) is 10.5 Å². The van der Waals surface area contributed by atoms with Crippen molar-refractivity contribution in [3.05, 3.63) is 77.7 Å². The van der Waals surface area contributed by atoms with E-state index in [2.05, 4.69) is 0 Å². The van der Waals surface area contributed by atoms with Gasteiger partial charge in [-0.05, 0) is 23.1 Å². The maximum Gasteiger partial charge on any atom is 0.123 e. The van der Waals surface area contributed by atoms with Crippen molar-refractivity contribution in [1.82, 2.24) is 0 Å². The SMILES string of the molecule is Oc1cccc2ccccc12.[Co].[N-]=Cc1ccccc1O. The van der Waals surface area contributed by atoms with Gasteiger partial charge in [-0.2, -0.15) is 6.21 Å². The first-order valence-electron chi connectivity index (χ1n) is 6.14. The number of phenolic OH excluding ortho intramolecular Hbond substituents is 2. The van der Waals surface area contributed by atoms with E-state index in [0.717, 1.165) is 17.0 Å². The molecule has 0 fully saturated rings. The Bertz CT molecular complexity index is 723. The molecule has 0 heterocycles. The normalized spacial score (nSPS) is 9.14. The summed E-state index contributed by atoms with van der Waals surface area (Å²) in [5.41, 5.74) is 0.442. The summed E-state index contributed by atoms with van der Waals surface area (Å²) in [6, 6.07) is 19.9. The molecule has 4 heteroatoms. The third-order valence-corrected chi connectivity index (χ3v) is 2.84. The average Bonchev–Trinajstić information content (AvgIpc) is 2.49. The minimum Gasteiger partial charge on any atom is -0.810 e. The van der Waals surface area contributed by atoms with Gasteiger partial charge >= 0.3 is 0 Å². The van der Waals surface area contributed by atoms with Crippen LogP contribution in [-0.4, -0.2) is 16.4 Å². The zero-order valence-corrected chi connectivity index (χ0v) is 12.1. The zero-order chi connectivity index (χ0) is 14.4. The maximum atomic E-state index is 9.37. The molecule has 0 saturated heterocycles. The van der Waals surface area contributed by atoms with Gasteiger partial charge in [0.15, 0.2) is 0 Å². The topological polar surface area (TPSA) is 62.8 Å². The Labute approximate surface area is 133 Å². The van der Waals surface area contributed by atoms with E-state index in [0.29, 0.717) is 11.3 Å². The van der Waals surface area contributed by atoms with Crippen molar-refractivity contribution in [3.63, 3.8) is 0 Å². The van der Waals surface area contributed by atoms with Crippen LogP contribution in [0.2, 0.25) is 0 Å². The van der Waals surface area contributed by atoms with Gasteiger partial charge in [0.05, 0.1) is 0 Å². The summed E-state index contributed by atoms with van der Waals surface area (Å²) < 4.78 is 0. The van der Waals surface area contributed by atoms with Gasteiger partial charge in [-0.25, -0.2) is 0 Å². The molecule has 1 radical (unpaired) electrons. The summed E-state index contributed by atoms with van der Waals surface area (Å²) in [5, 5.41) is 28.7. The monoisotopic (exact) mass is 323 g/mol. The molecule has 0 atom stereocenters. The van der Waals surface area contributed by atoms with Crippen LogP contribution in [0.3, 0.4) is 0 Å². The van der Waals surface area contributed by atoms with E-state index >= 15 is 0 Å². The van der Waals surface area contributed by atoms with Gasteiger partial charge in [-0.1, -0.05) is 54.6 Å². The number of aromatic hydroxyl groups is 2. The Balaban J connectivity index is 0.000000205. The summed E-state index contributed by atoms with van der Waals surface area (Å²) in [6.07, 6.45) is 0.870. The van der Waals surface area contributed by atoms with Crippen LogP contribution in [0.4, 0.5) is 0 Å². The minimum atomic E-state index is 0. The van der Waals surface area contributed by atoms with E-state index < -0.39 is 0 Å². The first-order valence-corrected chi connectivity index (χ1v) is 6.14. The molecule has 109 valence electrons. The number of rotatable bonds is 1. The second-order valence-corrected chi connectivity index (χ2v) is 4.19. The van der Waals surface area contributed by atoms with Crippen LogP contribution in [0, 0.1) is 0 Å². The van der Waals surface area contributed by atoms with E-state index in [1.54, 1.807) is 24.3 Å². The Morgan fingerprint density at radius 3 is 1.90 bits per heavy atom. The molecule has 0 unspecified atom stereocenters. The molecular weight excluding hydrogens is 309 g/mol. The van der Waals surface area contributed by atoms with Crippen LogP contribution in [-0.2, 0) is 16.8 Å². The smallest absolute Gasteiger partial charge is 0.123 e. The number of hydrogen-bond acceptors (Lipinski definition) is 2. The minimum absolute atomic E-state index is 0. The number of para-hydroxylation sites is 1.